The van der Waals surface area contributed by atoms with Gasteiger partial charge >= 0.3 is 12.1 Å². The predicted octanol–water partition coefficient (Wildman–Crippen LogP) is 0.0944. The minimum atomic E-state index is -1.01. The van der Waals surface area contributed by atoms with E-state index < -0.39 is 12.1 Å². The first-order valence-electron chi connectivity index (χ1n) is 4.49. The second kappa shape index (κ2) is 5.35. The summed E-state index contributed by atoms with van der Waals surface area (Å²) in [4.78, 5) is 22.8. The second-order valence-electron chi connectivity index (χ2n) is 3.10. The number of likely N-dealkylation sites (tertiary alicyclic amines) is 1. The van der Waals surface area contributed by atoms with Gasteiger partial charge in [-0.3, -0.25) is 0 Å². The van der Waals surface area contributed by atoms with E-state index in [-0.39, 0.29) is 19.3 Å². The first-order valence-corrected chi connectivity index (χ1v) is 4.49. The minimum absolute atomic E-state index is 0.177. The van der Waals surface area contributed by atoms with Gasteiger partial charge < -0.3 is 19.5 Å². The van der Waals surface area contributed by atoms with Crippen molar-refractivity contribution in [1.82, 2.24) is 4.90 Å². The molecule has 1 heterocycles. The van der Waals surface area contributed by atoms with Crippen molar-refractivity contribution in [3.8, 4) is 0 Å². The van der Waals surface area contributed by atoms with E-state index in [0.29, 0.717) is 13.1 Å². The topological polar surface area (TPSA) is 76.1 Å². The summed E-state index contributed by atoms with van der Waals surface area (Å²) in [5.41, 5.74) is 0. The van der Waals surface area contributed by atoms with Gasteiger partial charge in [-0.25, -0.2) is 9.59 Å². The molecular formula is C9H13NO5. The van der Waals surface area contributed by atoms with Crippen LogP contribution in [0.2, 0.25) is 0 Å². The molecule has 0 aromatic carbocycles. The van der Waals surface area contributed by atoms with Crippen LogP contribution in [0, 0.1) is 0 Å². The molecule has 0 spiro atoms. The fourth-order valence-corrected chi connectivity index (χ4v) is 1.10. The Kier molecular flexibility index (Phi) is 4.11. The van der Waals surface area contributed by atoms with Crippen molar-refractivity contribution in [1.29, 1.82) is 0 Å². The second-order valence-corrected chi connectivity index (χ2v) is 3.10. The number of carbonyl (C=O) groups is 2. The van der Waals surface area contributed by atoms with Crippen molar-refractivity contribution >= 4 is 12.1 Å². The summed E-state index contributed by atoms with van der Waals surface area (Å²) in [6.07, 6.45) is 0.860. The third-order valence-electron chi connectivity index (χ3n) is 1.87. The normalized spacial score (nSPS) is 15.6. The van der Waals surface area contributed by atoms with E-state index in [0.717, 1.165) is 0 Å². The maximum Gasteiger partial charge on any atom is 0.410 e. The number of carboxylic acids is 1. The van der Waals surface area contributed by atoms with Gasteiger partial charge in [0.25, 0.3) is 0 Å². The smallest absolute Gasteiger partial charge is 0.410 e. The third kappa shape index (κ3) is 3.59. The molecule has 0 unspecified atom stereocenters. The highest BCUT2D eigenvalue weighted by Crippen LogP contribution is 2.12. The Morgan fingerprint density at radius 3 is 2.73 bits per heavy atom. The third-order valence-corrected chi connectivity index (χ3v) is 1.87. The fraction of sp³-hybridized carbons (Fsp3) is 0.556. The van der Waals surface area contributed by atoms with Crippen molar-refractivity contribution in [3.05, 3.63) is 12.7 Å². The molecule has 0 atom stereocenters. The van der Waals surface area contributed by atoms with Gasteiger partial charge in [-0.15, -0.1) is 0 Å². The Hall–Kier alpha value is -1.56. The highest BCUT2D eigenvalue weighted by atomic mass is 16.6. The van der Waals surface area contributed by atoms with E-state index in [4.69, 9.17) is 14.6 Å². The van der Waals surface area contributed by atoms with Crippen LogP contribution in [0.5, 0.6) is 0 Å². The lowest BCUT2D eigenvalue weighted by molar-refractivity contribution is -0.147. The van der Waals surface area contributed by atoms with Crippen LogP contribution in [0.1, 0.15) is 0 Å². The molecule has 15 heavy (non-hydrogen) atoms. The molecule has 1 saturated heterocycles. The van der Waals surface area contributed by atoms with Gasteiger partial charge in [-0.2, -0.15) is 0 Å². The Bertz CT molecular complexity index is 259. The van der Waals surface area contributed by atoms with Gasteiger partial charge in [0.2, 0.25) is 0 Å². The van der Waals surface area contributed by atoms with Crippen molar-refractivity contribution in [2.75, 3.05) is 26.3 Å². The van der Waals surface area contributed by atoms with Crippen molar-refractivity contribution < 1.29 is 24.2 Å². The molecule has 1 fully saturated rings. The van der Waals surface area contributed by atoms with Crippen LogP contribution < -0.4 is 0 Å². The van der Waals surface area contributed by atoms with E-state index in [9.17, 15) is 9.59 Å². The highest BCUT2D eigenvalue weighted by molar-refractivity contribution is 5.69. The van der Waals surface area contributed by atoms with Gasteiger partial charge in [0, 0.05) is 0 Å². The van der Waals surface area contributed by atoms with Crippen molar-refractivity contribution in [2.45, 2.75) is 6.10 Å². The zero-order chi connectivity index (χ0) is 11.3. The van der Waals surface area contributed by atoms with Gasteiger partial charge in [0.1, 0.15) is 13.2 Å². The molecule has 6 heteroatoms. The number of carboxylic acid groups (broad SMARTS) is 1. The van der Waals surface area contributed by atoms with Crippen molar-refractivity contribution in [3.63, 3.8) is 0 Å². The average Bonchev–Trinajstić information content (AvgIpc) is 2.11. The Labute approximate surface area is 87.1 Å². The molecule has 0 saturated carbocycles. The number of carbonyl (C=O) groups excluding carboxylic acids is 1. The number of hydrogen-bond donors (Lipinski definition) is 1. The maximum atomic E-state index is 11.2. The van der Waals surface area contributed by atoms with E-state index in [1.165, 1.54) is 11.0 Å². The number of ether oxygens (including phenoxy) is 2. The number of amides is 1. The molecule has 1 amide bonds. The van der Waals surface area contributed by atoms with Crippen LogP contribution in [-0.2, 0) is 14.3 Å². The summed E-state index contributed by atoms with van der Waals surface area (Å²) in [5.74, 6) is -1.01. The quantitative estimate of drug-likeness (QED) is 0.658. The van der Waals surface area contributed by atoms with E-state index in [1.54, 1.807) is 0 Å². The van der Waals surface area contributed by atoms with Crippen LogP contribution >= 0.6 is 0 Å². The molecular weight excluding hydrogens is 202 g/mol. The molecule has 6 nitrogen and oxygen atoms in total. The van der Waals surface area contributed by atoms with Gasteiger partial charge in [0.05, 0.1) is 19.2 Å². The van der Waals surface area contributed by atoms with Crippen LogP contribution in [0.15, 0.2) is 12.7 Å². The van der Waals surface area contributed by atoms with E-state index in [1.807, 2.05) is 0 Å². The zero-order valence-electron chi connectivity index (χ0n) is 8.22. The standard InChI is InChI=1S/C9H13NO5/c1-2-3-14-9(13)10-4-7(5-10)15-6-8(11)12/h2,7H,1,3-6H2,(H,11,12). The molecule has 0 radical (unpaired) electrons. The molecule has 1 aliphatic rings. The molecule has 0 bridgehead atoms. The lowest BCUT2D eigenvalue weighted by atomic mass is 10.2. The first kappa shape index (κ1) is 11.5. The summed E-state index contributed by atoms with van der Waals surface area (Å²) < 4.78 is 9.72. The fourth-order valence-electron chi connectivity index (χ4n) is 1.10. The van der Waals surface area contributed by atoms with Crippen LogP contribution in [0.3, 0.4) is 0 Å². The van der Waals surface area contributed by atoms with Crippen LogP contribution in [0.25, 0.3) is 0 Å². The molecule has 0 aromatic rings. The number of hydrogen-bond acceptors (Lipinski definition) is 4. The Morgan fingerprint density at radius 1 is 1.53 bits per heavy atom. The summed E-state index contributed by atoms with van der Waals surface area (Å²) in [7, 11) is 0. The summed E-state index contributed by atoms with van der Waals surface area (Å²) in [5, 5.41) is 8.33. The lowest BCUT2D eigenvalue weighted by Crippen LogP contribution is -2.55. The Balaban J connectivity index is 2.11. The molecule has 0 aromatic heterocycles. The summed E-state index contributed by atoms with van der Waals surface area (Å²) >= 11 is 0. The van der Waals surface area contributed by atoms with Crippen LogP contribution in [0.4, 0.5) is 4.79 Å². The molecule has 1 rings (SSSR count). The predicted molar refractivity (Wildman–Crippen MR) is 50.5 cm³/mol. The SMILES string of the molecule is C=CCOC(=O)N1CC(OCC(=O)O)C1. The monoisotopic (exact) mass is 215 g/mol. The van der Waals surface area contributed by atoms with Gasteiger partial charge in [0.15, 0.2) is 0 Å². The maximum absolute atomic E-state index is 11.2. The largest absolute Gasteiger partial charge is 0.480 e. The molecule has 84 valence electrons. The summed E-state index contributed by atoms with van der Waals surface area (Å²) in [6, 6.07) is 0. The van der Waals surface area contributed by atoms with E-state index >= 15 is 0 Å². The molecule has 1 N–H and O–H groups in total. The first-order chi connectivity index (χ1) is 7.13. The van der Waals surface area contributed by atoms with Crippen LogP contribution in [-0.4, -0.2) is 54.5 Å². The Morgan fingerprint density at radius 2 is 2.20 bits per heavy atom. The van der Waals surface area contributed by atoms with Gasteiger partial charge in [-0.1, -0.05) is 12.7 Å². The molecule has 1 aliphatic heterocycles. The minimum Gasteiger partial charge on any atom is -0.480 e. The lowest BCUT2D eigenvalue weighted by Gasteiger charge is -2.37. The van der Waals surface area contributed by atoms with E-state index in [2.05, 4.69) is 6.58 Å². The average molecular weight is 215 g/mol. The van der Waals surface area contributed by atoms with Crippen molar-refractivity contribution in [2.24, 2.45) is 0 Å². The van der Waals surface area contributed by atoms with Gasteiger partial charge in [-0.05, 0) is 0 Å². The number of rotatable bonds is 5. The highest BCUT2D eigenvalue weighted by Gasteiger charge is 2.32. The number of nitrogens with zero attached hydrogens (tertiary/aromatic N) is 1. The zero-order valence-corrected chi connectivity index (χ0v) is 8.22. The number of aliphatic carboxylic acids is 1. The summed E-state index contributed by atoms with van der Waals surface area (Å²) in [6.45, 7) is 4.01. The molecule has 0 aliphatic carbocycles.